The maximum absolute atomic E-state index is 12.7. The molecule has 0 N–H and O–H groups in total. The van der Waals surface area contributed by atoms with E-state index in [1.54, 1.807) is 17.0 Å². The van der Waals surface area contributed by atoms with E-state index < -0.39 is 12.0 Å². The Morgan fingerprint density at radius 2 is 1.56 bits per heavy atom. The number of carbonyl (C=O) groups is 2. The van der Waals surface area contributed by atoms with E-state index in [4.69, 9.17) is 23.7 Å². The fourth-order valence-corrected chi connectivity index (χ4v) is 3.64. The lowest BCUT2D eigenvalue weighted by Gasteiger charge is -2.30. The van der Waals surface area contributed by atoms with Gasteiger partial charge in [0.2, 0.25) is 5.75 Å². The Hall–Kier alpha value is -3.42. The topological polar surface area (TPSA) is 83.5 Å². The molecule has 32 heavy (non-hydrogen) atoms. The van der Waals surface area contributed by atoms with Crippen molar-refractivity contribution in [3.05, 3.63) is 53.6 Å². The van der Waals surface area contributed by atoms with Crippen molar-refractivity contribution >= 4 is 12.1 Å². The summed E-state index contributed by atoms with van der Waals surface area (Å²) in [5, 5.41) is 0. The maximum atomic E-state index is 12.7. The second-order valence-electron chi connectivity index (χ2n) is 7.47. The van der Waals surface area contributed by atoms with Crippen LogP contribution in [0.1, 0.15) is 24.0 Å². The lowest BCUT2D eigenvalue weighted by atomic mass is 9.98. The summed E-state index contributed by atoms with van der Waals surface area (Å²) in [6.07, 6.45) is 0.956. The molecule has 1 aliphatic heterocycles. The molecule has 0 aliphatic carbocycles. The summed E-state index contributed by atoms with van der Waals surface area (Å²) in [5.41, 5.74) is 1.63. The number of amides is 1. The Kier molecular flexibility index (Phi) is 8.19. The van der Waals surface area contributed by atoms with E-state index in [1.807, 2.05) is 30.3 Å². The minimum absolute atomic E-state index is 0.0600. The molecular weight excluding hydrogens is 414 g/mol. The number of hydrogen-bond donors (Lipinski definition) is 0. The second kappa shape index (κ2) is 11.3. The SMILES string of the molecule is COc1cc(COC(=O)C2CCCN(C(=O)OCc3ccccc3)C2)cc(OC)c1OC. The average molecular weight is 443 g/mol. The molecule has 2 aromatic carbocycles. The van der Waals surface area contributed by atoms with Gasteiger partial charge in [-0.3, -0.25) is 4.79 Å². The van der Waals surface area contributed by atoms with Crippen LogP contribution >= 0.6 is 0 Å². The van der Waals surface area contributed by atoms with Crippen molar-refractivity contribution in [3.8, 4) is 17.2 Å². The number of methoxy groups -OCH3 is 3. The second-order valence-corrected chi connectivity index (χ2v) is 7.47. The van der Waals surface area contributed by atoms with Gasteiger partial charge >= 0.3 is 12.1 Å². The molecule has 1 heterocycles. The van der Waals surface area contributed by atoms with Gasteiger partial charge in [-0.05, 0) is 36.1 Å². The zero-order valence-corrected chi connectivity index (χ0v) is 18.7. The highest BCUT2D eigenvalue weighted by molar-refractivity contribution is 5.75. The molecule has 1 aliphatic rings. The van der Waals surface area contributed by atoms with E-state index in [1.165, 1.54) is 21.3 Å². The van der Waals surface area contributed by atoms with Crippen LogP contribution in [-0.2, 0) is 27.5 Å². The maximum Gasteiger partial charge on any atom is 0.410 e. The van der Waals surface area contributed by atoms with E-state index in [0.29, 0.717) is 42.2 Å². The predicted octanol–water partition coefficient (Wildman–Crippen LogP) is 3.80. The van der Waals surface area contributed by atoms with Gasteiger partial charge in [0, 0.05) is 13.1 Å². The Bertz CT molecular complexity index is 891. The minimum Gasteiger partial charge on any atom is -0.493 e. The normalized spacial score (nSPS) is 15.6. The van der Waals surface area contributed by atoms with Crippen molar-refractivity contribution in [2.45, 2.75) is 26.1 Å². The van der Waals surface area contributed by atoms with E-state index in [9.17, 15) is 9.59 Å². The zero-order valence-electron chi connectivity index (χ0n) is 18.7. The molecule has 0 saturated carbocycles. The average Bonchev–Trinajstić information content (AvgIpc) is 2.85. The highest BCUT2D eigenvalue weighted by Gasteiger charge is 2.30. The number of ether oxygens (including phenoxy) is 5. The van der Waals surface area contributed by atoms with Crippen LogP contribution in [0.15, 0.2) is 42.5 Å². The van der Waals surface area contributed by atoms with Crippen molar-refractivity contribution in [1.29, 1.82) is 0 Å². The number of piperidine rings is 1. The number of likely N-dealkylation sites (tertiary alicyclic amines) is 1. The van der Waals surface area contributed by atoms with Crippen LogP contribution in [0, 0.1) is 5.92 Å². The van der Waals surface area contributed by atoms with Crippen molar-refractivity contribution < 1.29 is 33.3 Å². The zero-order chi connectivity index (χ0) is 22.9. The molecule has 2 aromatic rings. The number of carbonyl (C=O) groups excluding carboxylic acids is 2. The molecule has 8 nitrogen and oxygen atoms in total. The molecule has 0 bridgehead atoms. The van der Waals surface area contributed by atoms with Gasteiger partial charge in [0.05, 0.1) is 27.2 Å². The Morgan fingerprint density at radius 1 is 0.906 bits per heavy atom. The van der Waals surface area contributed by atoms with Gasteiger partial charge in [0.25, 0.3) is 0 Å². The molecule has 1 unspecified atom stereocenters. The number of rotatable bonds is 8. The molecule has 172 valence electrons. The molecule has 0 aromatic heterocycles. The molecule has 1 fully saturated rings. The van der Waals surface area contributed by atoms with Gasteiger partial charge in [-0.2, -0.15) is 0 Å². The van der Waals surface area contributed by atoms with Crippen molar-refractivity contribution in [2.24, 2.45) is 5.92 Å². The fraction of sp³-hybridized carbons (Fsp3) is 0.417. The molecular formula is C24H29NO7. The van der Waals surface area contributed by atoms with Gasteiger partial charge < -0.3 is 28.6 Å². The van der Waals surface area contributed by atoms with Gasteiger partial charge in [-0.15, -0.1) is 0 Å². The molecule has 1 atom stereocenters. The molecule has 3 rings (SSSR count). The smallest absolute Gasteiger partial charge is 0.410 e. The Balaban J connectivity index is 1.54. The van der Waals surface area contributed by atoms with E-state index in [2.05, 4.69) is 0 Å². The summed E-state index contributed by atoms with van der Waals surface area (Å²) >= 11 is 0. The third kappa shape index (κ3) is 5.84. The van der Waals surface area contributed by atoms with Crippen LogP contribution in [0.4, 0.5) is 4.79 Å². The van der Waals surface area contributed by atoms with Crippen LogP contribution in [0.2, 0.25) is 0 Å². The van der Waals surface area contributed by atoms with Gasteiger partial charge in [0.15, 0.2) is 11.5 Å². The molecule has 8 heteroatoms. The summed E-state index contributed by atoms with van der Waals surface area (Å²) in [6, 6.07) is 13.0. The van der Waals surface area contributed by atoms with Crippen LogP contribution in [0.5, 0.6) is 17.2 Å². The minimum atomic E-state index is -0.420. The highest BCUT2D eigenvalue weighted by Crippen LogP contribution is 2.38. The molecule has 1 amide bonds. The molecule has 1 saturated heterocycles. The summed E-state index contributed by atoms with van der Waals surface area (Å²) in [6.45, 7) is 1.10. The summed E-state index contributed by atoms with van der Waals surface area (Å²) in [7, 11) is 4.58. The molecule has 0 radical (unpaired) electrons. The summed E-state index contributed by atoms with van der Waals surface area (Å²) in [5.74, 6) is 0.710. The predicted molar refractivity (Wildman–Crippen MR) is 117 cm³/mol. The monoisotopic (exact) mass is 443 g/mol. The Morgan fingerprint density at radius 3 is 2.19 bits per heavy atom. The standard InChI is InChI=1S/C24H29NO7/c1-28-20-12-18(13-21(29-2)22(20)30-3)16-31-23(26)19-10-7-11-25(14-19)24(27)32-15-17-8-5-4-6-9-17/h4-6,8-9,12-13,19H,7,10-11,14-16H2,1-3H3. The lowest BCUT2D eigenvalue weighted by molar-refractivity contribution is -0.151. The van der Waals surface area contributed by atoms with Crippen LogP contribution in [0.3, 0.4) is 0 Å². The quantitative estimate of drug-likeness (QED) is 0.574. The van der Waals surface area contributed by atoms with Gasteiger partial charge in [-0.1, -0.05) is 30.3 Å². The lowest BCUT2D eigenvalue weighted by Crippen LogP contribution is -2.43. The van der Waals surface area contributed by atoms with Crippen molar-refractivity contribution in [2.75, 3.05) is 34.4 Å². The van der Waals surface area contributed by atoms with Crippen molar-refractivity contribution in [3.63, 3.8) is 0 Å². The van der Waals surface area contributed by atoms with Gasteiger partial charge in [0.1, 0.15) is 13.2 Å². The van der Waals surface area contributed by atoms with Gasteiger partial charge in [-0.25, -0.2) is 4.79 Å². The molecule has 0 spiro atoms. The first kappa shape index (κ1) is 23.2. The number of benzene rings is 2. The van der Waals surface area contributed by atoms with Crippen molar-refractivity contribution in [1.82, 2.24) is 4.90 Å². The van der Waals surface area contributed by atoms with Crippen LogP contribution in [0.25, 0.3) is 0 Å². The first-order valence-corrected chi connectivity index (χ1v) is 10.5. The number of nitrogens with zero attached hydrogens (tertiary/aromatic N) is 1. The first-order chi connectivity index (χ1) is 15.5. The van der Waals surface area contributed by atoms with E-state index in [-0.39, 0.29) is 25.7 Å². The van der Waals surface area contributed by atoms with Crippen LogP contribution in [-0.4, -0.2) is 51.4 Å². The van der Waals surface area contributed by atoms with E-state index >= 15 is 0 Å². The summed E-state index contributed by atoms with van der Waals surface area (Å²) in [4.78, 5) is 26.7. The Labute approximate surface area is 188 Å². The third-order valence-electron chi connectivity index (χ3n) is 5.32. The first-order valence-electron chi connectivity index (χ1n) is 10.5. The number of hydrogen-bond acceptors (Lipinski definition) is 7. The summed E-state index contributed by atoms with van der Waals surface area (Å²) < 4.78 is 26.9. The largest absolute Gasteiger partial charge is 0.493 e. The fourth-order valence-electron chi connectivity index (χ4n) is 3.64. The number of esters is 1. The van der Waals surface area contributed by atoms with E-state index in [0.717, 1.165) is 5.56 Å². The van der Waals surface area contributed by atoms with Crippen LogP contribution < -0.4 is 14.2 Å². The highest BCUT2D eigenvalue weighted by atomic mass is 16.6. The third-order valence-corrected chi connectivity index (χ3v) is 5.32.